The average Bonchev–Trinajstić information content (AvgIpc) is 2.82. The van der Waals surface area contributed by atoms with Crippen molar-refractivity contribution in [1.82, 2.24) is 4.83 Å². The van der Waals surface area contributed by atoms with Crippen molar-refractivity contribution in [2.75, 3.05) is 19.5 Å². The number of hydrogen-bond acceptors (Lipinski definition) is 6. The summed E-state index contributed by atoms with van der Waals surface area (Å²) < 4.78 is 48.8. The topological polar surface area (TPSA) is 106 Å². The molecular formula is C23H22FN3O5S. The lowest BCUT2D eigenvalue weighted by atomic mass is 10.1. The molecule has 0 heterocycles. The number of nitrogens with zero attached hydrogens (tertiary/aromatic N) is 1. The number of nitrogens with one attached hydrogen (secondary N) is 2. The highest BCUT2D eigenvalue weighted by molar-refractivity contribution is 7.89. The molecule has 0 unspecified atom stereocenters. The molecule has 0 aliphatic rings. The van der Waals surface area contributed by atoms with E-state index in [-0.39, 0.29) is 10.6 Å². The van der Waals surface area contributed by atoms with Crippen molar-refractivity contribution < 1.29 is 27.1 Å². The number of sulfonamides is 1. The van der Waals surface area contributed by atoms with E-state index >= 15 is 0 Å². The van der Waals surface area contributed by atoms with E-state index in [0.29, 0.717) is 28.3 Å². The molecule has 0 atom stereocenters. The molecular weight excluding hydrogens is 449 g/mol. The molecule has 33 heavy (non-hydrogen) atoms. The number of carbonyl (C=O) groups excluding carboxylic acids is 1. The van der Waals surface area contributed by atoms with Gasteiger partial charge in [-0.25, -0.2) is 4.39 Å². The Morgan fingerprint density at radius 2 is 1.67 bits per heavy atom. The minimum absolute atomic E-state index is 0.124. The molecule has 0 fully saturated rings. The van der Waals surface area contributed by atoms with E-state index in [0.717, 1.165) is 0 Å². The summed E-state index contributed by atoms with van der Waals surface area (Å²) in [4.78, 5) is 14.4. The van der Waals surface area contributed by atoms with E-state index in [1.165, 1.54) is 50.6 Å². The number of amides is 1. The maximum atomic E-state index is 13.1. The van der Waals surface area contributed by atoms with Crippen LogP contribution in [0.15, 0.2) is 76.7 Å². The Morgan fingerprint density at radius 1 is 0.939 bits per heavy atom. The Hall–Kier alpha value is -3.92. The predicted octanol–water partition coefficient (Wildman–Crippen LogP) is 3.80. The van der Waals surface area contributed by atoms with E-state index in [4.69, 9.17) is 9.47 Å². The monoisotopic (exact) mass is 471 g/mol. The molecule has 0 aliphatic carbocycles. The fourth-order valence-corrected chi connectivity index (χ4v) is 3.91. The van der Waals surface area contributed by atoms with Crippen LogP contribution in [0, 0.1) is 5.82 Å². The number of methoxy groups -OCH3 is 2. The van der Waals surface area contributed by atoms with Gasteiger partial charge in [-0.2, -0.15) is 18.4 Å². The zero-order valence-electron chi connectivity index (χ0n) is 18.1. The molecule has 0 bridgehead atoms. The van der Waals surface area contributed by atoms with Crippen LogP contribution in [-0.2, 0) is 10.0 Å². The van der Waals surface area contributed by atoms with Crippen molar-refractivity contribution in [3.63, 3.8) is 0 Å². The highest BCUT2D eigenvalue weighted by atomic mass is 32.2. The van der Waals surface area contributed by atoms with Crippen LogP contribution in [0.2, 0.25) is 0 Å². The number of anilines is 1. The summed E-state index contributed by atoms with van der Waals surface area (Å²) in [6.45, 7) is 1.62. The first-order chi connectivity index (χ1) is 15.7. The van der Waals surface area contributed by atoms with E-state index in [9.17, 15) is 17.6 Å². The van der Waals surface area contributed by atoms with Gasteiger partial charge in [-0.1, -0.05) is 12.1 Å². The Kier molecular flexibility index (Phi) is 7.29. The van der Waals surface area contributed by atoms with Gasteiger partial charge in [0.1, 0.15) is 22.2 Å². The quantitative estimate of drug-likeness (QED) is 0.384. The summed E-state index contributed by atoms with van der Waals surface area (Å²) in [5.74, 6) is -0.356. The molecule has 0 aromatic heterocycles. The number of benzene rings is 3. The Bertz CT molecular complexity index is 1290. The van der Waals surface area contributed by atoms with Gasteiger partial charge in [-0.15, -0.1) is 0 Å². The van der Waals surface area contributed by atoms with Crippen LogP contribution in [0.3, 0.4) is 0 Å². The SMILES string of the molecule is COc1ccc(OC)c(S(=O)(=O)N/N=C(/C)c2cccc(NC(=O)c3ccc(F)cc3)c2)c1. The maximum absolute atomic E-state index is 13.1. The van der Waals surface area contributed by atoms with Crippen LogP contribution in [-0.4, -0.2) is 34.3 Å². The van der Waals surface area contributed by atoms with Gasteiger partial charge in [-0.05, 0) is 61.0 Å². The number of rotatable bonds is 8. The van der Waals surface area contributed by atoms with Crippen molar-refractivity contribution in [3.8, 4) is 11.5 Å². The van der Waals surface area contributed by atoms with Gasteiger partial charge in [0, 0.05) is 17.3 Å². The van der Waals surface area contributed by atoms with Crippen LogP contribution < -0.4 is 19.6 Å². The second kappa shape index (κ2) is 10.1. The normalized spacial score (nSPS) is 11.6. The molecule has 3 aromatic carbocycles. The second-order valence-electron chi connectivity index (χ2n) is 6.85. The summed E-state index contributed by atoms with van der Waals surface area (Å²) in [6, 6.07) is 16.3. The summed E-state index contributed by atoms with van der Waals surface area (Å²) in [5.41, 5.74) is 1.70. The van der Waals surface area contributed by atoms with E-state index in [2.05, 4.69) is 15.2 Å². The largest absolute Gasteiger partial charge is 0.497 e. The minimum Gasteiger partial charge on any atom is -0.497 e. The van der Waals surface area contributed by atoms with Gasteiger partial charge < -0.3 is 14.8 Å². The molecule has 3 aromatic rings. The minimum atomic E-state index is -4.05. The first-order valence-electron chi connectivity index (χ1n) is 9.69. The molecule has 3 rings (SSSR count). The molecule has 1 amide bonds. The van der Waals surface area contributed by atoms with Crippen molar-refractivity contribution in [1.29, 1.82) is 0 Å². The highest BCUT2D eigenvalue weighted by Gasteiger charge is 2.20. The van der Waals surface area contributed by atoms with Gasteiger partial charge in [0.05, 0.1) is 19.9 Å². The molecule has 0 saturated heterocycles. The van der Waals surface area contributed by atoms with E-state index in [1.54, 1.807) is 37.3 Å². The van der Waals surface area contributed by atoms with Gasteiger partial charge in [0.2, 0.25) is 0 Å². The first-order valence-corrected chi connectivity index (χ1v) is 11.2. The van der Waals surface area contributed by atoms with Crippen molar-refractivity contribution in [2.45, 2.75) is 11.8 Å². The smallest absolute Gasteiger partial charge is 0.280 e. The van der Waals surface area contributed by atoms with Gasteiger partial charge >= 0.3 is 0 Å². The van der Waals surface area contributed by atoms with Crippen molar-refractivity contribution in [3.05, 3.63) is 83.7 Å². The van der Waals surface area contributed by atoms with Crippen LogP contribution in [0.25, 0.3) is 0 Å². The van der Waals surface area contributed by atoms with Crippen LogP contribution in [0.1, 0.15) is 22.8 Å². The number of carbonyl (C=O) groups is 1. The predicted molar refractivity (Wildman–Crippen MR) is 123 cm³/mol. The molecule has 172 valence electrons. The Morgan fingerprint density at radius 3 is 2.33 bits per heavy atom. The lowest BCUT2D eigenvalue weighted by Gasteiger charge is -2.11. The fourth-order valence-electron chi connectivity index (χ4n) is 2.86. The molecule has 0 radical (unpaired) electrons. The third kappa shape index (κ3) is 5.86. The third-order valence-corrected chi connectivity index (χ3v) is 5.87. The Labute approximate surface area is 191 Å². The van der Waals surface area contributed by atoms with Gasteiger partial charge in [0.15, 0.2) is 0 Å². The molecule has 10 heteroatoms. The number of hydrazone groups is 1. The zero-order valence-corrected chi connectivity index (χ0v) is 18.9. The maximum Gasteiger partial charge on any atom is 0.280 e. The van der Waals surface area contributed by atoms with E-state index < -0.39 is 21.7 Å². The second-order valence-corrected chi connectivity index (χ2v) is 8.48. The summed E-state index contributed by atoms with van der Waals surface area (Å²) in [5, 5.41) is 6.70. The average molecular weight is 472 g/mol. The van der Waals surface area contributed by atoms with Crippen LogP contribution >= 0.6 is 0 Å². The highest BCUT2D eigenvalue weighted by Crippen LogP contribution is 2.28. The van der Waals surface area contributed by atoms with Crippen molar-refractivity contribution >= 4 is 27.3 Å². The molecule has 8 nitrogen and oxygen atoms in total. The molecule has 0 spiro atoms. The van der Waals surface area contributed by atoms with Crippen LogP contribution in [0.4, 0.5) is 10.1 Å². The molecule has 0 aliphatic heterocycles. The standard InChI is InChI=1S/C23H22FN3O5S/c1-15(26-27-33(29,30)22-14-20(31-2)11-12-21(22)32-3)17-5-4-6-19(13-17)25-23(28)16-7-9-18(24)10-8-16/h4-14,27H,1-3H3,(H,25,28)/b26-15-. The lowest BCUT2D eigenvalue weighted by Crippen LogP contribution is -2.21. The zero-order chi connectivity index (χ0) is 24.0. The van der Waals surface area contributed by atoms with Crippen LogP contribution in [0.5, 0.6) is 11.5 Å². The first kappa shape index (κ1) is 23.7. The van der Waals surface area contributed by atoms with Gasteiger partial charge in [0.25, 0.3) is 15.9 Å². The summed E-state index contributed by atoms with van der Waals surface area (Å²) >= 11 is 0. The van der Waals surface area contributed by atoms with Gasteiger partial charge in [-0.3, -0.25) is 4.79 Å². The van der Waals surface area contributed by atoms with Crippen molar-refractivity contribution in [2.24, 2.45) is 5.10 Å². The summed E-state index contributed by atoms with van der Waals surface area (Å²) in [7, 11) is -1.26. The number of hydrogen-bond donors (Lipinski definition) is 2. The van der Waals surface area contributed by atoms with E-state index in [1.807, 2.05) is 0 Å². The third-order valence-electron chi connectivity index (χ3n) is 4.64. The number of ether oxygens (including phenoxy) is 2. The molecule has 2 N–H and O–H groups in total. The molecule has 0 saturated carbocycles. The summed E-state index contributed by atoms with van der Waals surface area (Å²) in [6.07, 6.45) is 0. The lowest BCUT2D eigenvalue weighted by molar-refractivity contribution is 0.102. The number of halogens is 1. The fraction of sp³-hybridized carbons (Fsp3) is 0.130. The Balaban J connectivity index is 1.78.